The lowest BCUT2D eigenvalue weighted by Crippen LogP contribution is -2.45. The molecule has 2 amide bonds. The van der Waals surface area contributed by atoms with Gasteiger partial charge in [-0.15, -0.1) is 0 Å². The van der Waals surface area contributed by atoms with Crippen LogP contribution in [0.4, 0.5) is 4.39 Å². The van der Waals surface area contributed by atoms with Crippen LogP contribution in [0.5, 0.6) is 0 Å². The van der Waals surface area contributed by atoms with Crippen molar-refractivity contribution >= 4 is 11.8 Å². The van der Waals surface area contributed by atoms with Gasteiger partial charge < -0.3 is 14.8 Å². The number of halogens is 1. The van der Waals surface area contributed by atoms with Crippen molar-refractivity contribution < 1.29 is 14.0 Å². The summed E-state index contributed by atoms with van der Waals surface area (Å²) < 4.78 is 15.1. The van der Waals surface area contributed by atoms with E-state index < -0.39 is 0 Å². The molecular weight excluding hydrogens is 395 g/mol. The van der Waals surface area contributed by atoms with Crippen LogP contribution < -0.4 is 5.32 Å². The Morgan fingerprint density at radius 3 is 2.61 bits per heavy atom. The van der Waals surface area contributed by atoms with Gasteiger partial charge in [-0.05, 0) is 48.2 Å². The van der Waals surface area contributed by atoms with Gasteiger partial charge in [-0.25, -0.2) is 9.37 Å². The molecule has 31 heavy (non-hydrogen) atoms. The van der Waals surface area contributed by atoms with Crippen LogP contribution in [0.3, 0.4) is 0 Å². The standard InChI is InChI=1S/C24H25FN4O2/c25-22-9-7-18(8-10-22)24(31)29-12-3-6-21(16-29)23(30)27-14-19-4-1-2-5-20(19)15-28-13-11-26-17-28/h1-2,4-5,7-11,13,17,21H,3,6,12,14-16H2,(H,27,30)/t21-/m1/s1. The van der Waals surface area contributed by atoms with Gasteiger partial charge in [-0.1, -0.05) is 24.3 Å². The molecule has 0 bridgehead atoms. The van der Waals surface area contributed by atoms with E-state index in [4.69, 9.17) is 0 Å². The van der Waals surface area contributed by atoms with E-state index in [-0.39, 0.29) is 23.5 Å². The molecule has 0 spiro atoms. The SMILES string of the molecule is O=C(NCc1ccccc1Cn1ccnc1)[C@@H]1CCCN(C(=O)c2ccc(F)cc2)C1. The summed E-state index contributed by atoms with van der Waals surface area (Å²) in [6.45, 7) is 2.11. The van der Waals surface area contributed by atoms with E-state index in [1.54, 1.807) is 17.4 Å². The second kappa shape index (κ2) is 9.55. The Morgan fingerprint density at radius 2 is 1.87 bits per heavy atom. The third-order valence-electron chi connectivity index (χ3n) is 5.65. The minimum absolute atomic E-state index is 0.0472. The van der Waals surface area contributed by atoms with Gasteiger partial charge in [0, 0.05) is 44.1 Å². The van der Waals surface area contributed by atoms with Gasteiger partial charge in [0.25, 0.3) is 5.91 Å². The highest BCUT2D eigenvalue weighted by Gasteiger charge is 2.28. The molecule has 7 heteroatoms. The number of benzene rings is 2. The molecule has 1 atom stereocenters. The fourth-order valence-electron chi connectivity index (χ4n) is 3.94. The van der Waals surface area contributed by atoms with E-state index in [2.05, 4.69) is 10.3 Å². The molecular formula is C24H25FN4O2. The lowest BCUT2D eigenvalue weighted by Gasteiger charge is -2.32. The van der Waals surface area contributed by atoms with E-state index in [0.717, 1.165) is 24.0 Å². The predicted octanol–water partition coefficient (Wildman–Crippen LogP) is 3.24. The van der Waals surface area contributed by atoms with Crippen molar-refractivity contribution in [1.29, 1.82) is 0 Å². The van der Waals surface area contributed by atoms with Crippen molar-refractivity contribution in [2.24, 2.45) is 5.92 Å². The van der Waals surface area contributed by atoms with Crippen molar-refractivity contribution in [1.82, 2.24) is 19.8 Å². The van der Waals surface area contributed by atoms with Crippen molar-refractivity contribution in [2.75, 3.05) is 13.1 Å². The molecule has 1 aromatic heterocycles. The quantitative estimate of drug-likeness (QED) is 0.666. The smallest absolute Gasteiger partial charge is 0.253 e. The molecule has 0 aliphatic carbocycles. The maximum absolute atomic E-state index is 13.1. The number of nitrogens with one attached hydrogen (secondary N) is 1. The number of piperidine rings is 1. The maximum Gasteiger partial charge on any atom is 0.253 e. The number of carbonyl (C=O) groups excluding carboxylic acids is 2. The van der Waals surface area contributed by atoms with E-state index in [0.29, 0.717) is 31.7 Å². The Balaban J connectivity index is 1.36. The molecule has 6 nitrogen and oxygen atoms in total. The summed E-state index contributed by atoms with van der Waals surface area (Å²) >= 11 is 0. The monoisotopic (exact) mass is 420 g/mol. The fraction of sp³-hybridized carbons (Fsp3) is 0.292. The highest BCUT2D eigenvalue weighted by molar-refractivity contribution is 5.94. The third kappa shape index (κ3) is 5.17. The molecule has 1 aliphatic heterocycles. The summed E-state index contributed by atoms with van der Waals surface area (Å²) in [6.07, 6.45) is 6.93. The van der Waals surface area contributed by atoms with Gasteiger partial charge in [0.15, 0.2) is 0 Å². The number of aromatic nitrogens is 2. The van der Waals surface area contributed by atoms with Crippen LogP contribution in [-0.2, 0) is 17.9 Å². The minimum atomic E-state index is -0.374. The normalized spacial score (nSPS) is 16.2. The molecule has 1 saturated heterocycles. The van der Waals surface area contributed by atoms with Gasteiger partial charge in [0.2, 0.25) is 5.91 Å². The van der Waals surface area contributed by atoms with Crippen molar-refractivity contribution in [3.8, 4) is 0 Å². The van der Waals surface area contributed by atoms with Gasteiger partial charge in [0.05, 0.1) is 12.2 Å². The number of hydrogen-bond donors (Lipinski definition) is 1. The van der Waals surface area contributed by atoms with Crippen LogP contribution >= 0.6 is 0 Å². The first-order chi connectivity index (χ1) is 15.1. The molecule has 2 aromatic carbocycles. The first-order valence-electron chi connectivity index (χ1n) is 10.5. The Morgan fingerprint density at radius 1 is 1.10 bits per heavy atom. The molecule has 1 aliphatic rings. The number of carbonyl (C=O) groups is 2. The third-order valence-corrected chi connectivity index (χ3v) is 5.65. The molecule has 1 N–H and O–H groups in total. The second-order valence-corrected chi connectivity index (χ2v) is 7.82. The Labute approximate surface area is 180 Å². The van der Waals surface area contributed by atoms with Gasteiger partial charge >= 0.3 is 0 Å². The zero-order valence-electron chi connectivity index (χ0n) is 17.2. The molecule has 2 heterocycles. The van der Waals surface area contributed by atoms with Crippen LogP contribution in [0, 0.1) is 11.7 Å². The van der Waals surface area contributed by atoms with Crippen molar-refractivity contribution in [2.45, 2.75) is 25.9 Å². The molecule has 4 rings (SSSR count). The van der Waals surface area contributed by atoms with Crippen LogP contribution in [0.1, 0.15) is 34.3 Å². The molecule has 1 fully saturated rings. The Bertz CT molecular complexity index is 1030. The molecule has 0 radical (unpaired) electrons. The zero-order chi connectivity index (χ0) is 21.6. The van der Waals surface area contributed by atoms with Crippen molar-refractivity contribution in [3.63, 3.8) is 0 Å². The van der Waals surface area contributed by atoms with Crippen LogP contribution in [-0.4, -0.2) is 39.4 Å². The lowest BCUT2D eigenvalue weighted by atomic mass is 9.96. The Hall–Kier alpha value is -3.48. The summed E-state index contributed by atoms with van der Waals surface area (Å²) in [5, 5.41) is 3.04. The number of amides is 2. The minimum Gasteiger partial charge on any atom is -0.352 e. The van der Waals surface area contributed by atoms with Crippen LogP contribution in [0.2, 0.25) is 0 Å². The number of hydrogen-bond acceptors (Lipinski definition) is 3. The number of likely N-dealkylation sites (tertiary alicyclic amines) is 1. The van der Waals surface area contributed by atoms with Crippen LogP contribution in [0.15, 0.2) is 67.3 Å². The largest absolute Gasteiger partial charge is 0.352 e. The summed E-state index contributed by atoms with van der Waals surface area (Å²) in [7, 11) is 0. The van der Waals surface area contributed by atoms with Crippen LogP contribution in [0.25, 0.3) is 0 Å². The molecule has 0 saturated carbocycles. The topological polar surface area (TPSA) is 67.2 Å². The summed E-state index contributed by atoms with van der Waals surface area (Å²) in [6, 6.07) is 13.5. The number of nitrogens with zero attached hydrogens (tertiary/aromatic N) is 3. The van der Waals surface area contributed by atoms with E-state index in [9.17, 15) is 14.0 Å². The lowest BCUT2D eigenvalue weighted by molar-refractivity contribution is -0.126. The fourth-order valence-corrected chi connectivity index (χ4v) is 3.94. The van der Waals surface area contributed by atoms with Gasteiger partial charge in [0.1, 0.15) is 5.82 Å². The number of rotatable bonds is 6. The average molecular weight is 420 g/mol. The zero-order valence-corrected chi connectivity index (χ0v) is 17.2. The van der Waals surface area contributed by atoms with E-state index in [1.807, 2.05) is 35.0 Å². The second-order valence-electron chi connectivity index (χ2n) is 7.82. The van der Waals surface area contributed by atoms with Gasteiger partial charge in [-0.2, -0.15) is 0 Å². The van der Waals surface area contributed by atoms with Gasteiger partial charge in [-0.3, -0.25) is 9.59 Å². The maximum atomic E-state index is 13.1. The first kappa shape index (κ1) is 20.8. The highest BCUT2D eigenvalue weighted by atomic mass is 19.1. The van der Waals surface area contributed by atoms with Crippen molar-refractivity contribution in [3.05, 3.63) is 89.8 Å². The van der Waals surface area contributed by atoms with E-state index in [1.165, 1.54) is 24.3 Å². The summed E-state index contributed by atoms with van der Waals surface area (Å²) in [5.41, 5.74) is 2.62. The summed E-state index contributed by atoms with van der Waals surface area (Å²) in [4.78, 5) is 31.3. The highest BCUT2D eigenvalue weighted by Crippen LogP contribution is 2.20. The predicted molar refractivity (Wildman–Crippen MR) is 115 cm³/mol. The first-order valence-corrected chi connectivity index (χ1v) is 10.5. The molecule has 3 aromatic rings. The Kier molecular flexibility index (Phi) is 6.40. The van der Waals surface area contributed by atoms with E-state index >= 15 is 0 Å². The average Bonchev–Trinajstić information content (AvgIpc) is 3.31. The molecule has 0 unspecified atom stereocenters. The number of imidazole rings is 1. The molecule has 160 valence electrons. The summed E-state index contributed by atoms with van der Waals surface area (Å²) in [5.74, 6) is -0.836.